The third-order valence-corrected chi connectivity index (χ3v) is 6.39. The monoisotopic (exact) mass is 455 g/mol. The van der Waals surface area contributed by atoms with Gasteiger partial charge in [0.25, 0.3) is 5.56 Å². The van der Waals surface area contributed by atoms with Gasteiger partial charge in [-0.15, -0.1) is 11.3 Å². The van der Waals surface area contributed by atoms with Gasteiger partial charge in [0.15, 0.2) is 5.75 Å². The van der Waals surface area contributed by atoms with E-state index in [-0.39, 0.29) is 20.4 Å². The summed E-state index contributed by atoms with van der Waals surface area (Å²) in [7, 11) is -5.89. The second-order valence-electron chi connectivity index (χ2n) is 6.19. The fourth-order valence-electron chi connectivity index (χ4n) is 2.84. The summed E-state index contributed by atoms with van der Waals surface area (Å²) in [5, 5.41) is -0.0732. The quantitative estimate of drug-likeness (QED) is 0.344. The zero-order valence-electron chi connectivity index (χ0n) is 15.2. The summed E-state index contributed by atoms with van der Waals surface area (Å²) in [6.45, 7) is 2.00. The molecule has 0 atom stereocenters. The third kappa shape index (κ3) is 3.31. The van der Waals surface area contributed by atoms with Crippen LogP contribution in [0.25, 0.3) is 26.1 Å². The number of pyridine rings is 1. The van der Waals surface area contributed by atoms with E-state index in [1.54, 1.807) is 12.1 Å². The van der Waals surface area contributed by atoms with Gasteiger partial charge in [-0.05, 0) is 24.1 Å². The van der Waals surface area contributed by atoms with Gasteiger partial charge in [0.05, 0.1) is 11.1 Å². The number of benzene rings is 1. The van der Waals surface area contributed by atoms with Gasteiger partial charge in [0.2, 0.25) is 0 Å². The van der Waals surface area contributed by atoms with Crippen LogP contribution in [-0.4, -0.2) is 28.5 Å². The Balaban J connectivity index is 1.90. The molecule has 0 aliphatic heterocycles. The molecule has 0 spiro atoms. The van der Waals surface area contributed by atoms with Gasteiger partial charge in [-0.3, -0.25) is 9.36 Å². The molecule has 3 aromatic heterocycles. The van der Waals surface area contributed by atoms with E-state index in [4.69, 9.17) is 0 Å². The number of hydrogen-bond acceptors (Lipinski definition) is 7. The zero-order chi connectivity index (χ0) is 21.7. The van der Waals surface area contributed by atoms with Crippen LogP contribution in [0.15, 0.2) is 47.7 Å². The summed E-state index contributed by atoms with van der Waals surface area (Å²) in [5.74, 6) is -0.597. The Morgan fingerprint density at radius 3 is 2.47 bits per heavy atom. The lowest BCUT2D eigenvalue weighted by atomic mass is 10.1. The summed E-state index contributed by atoms with van der Waals surface area (Å²) in [5.41, 5.74) is -4.40. The molecule has 0 saturated heterocycles. The molecule has 7 nitrogen and oxygen atoms in total. The summed E-state index contributed by atoms with van der Waals surface area (Å²) in [4.78, 5) is 21.3. The normalized spacial score (nSPS) is 12.5. The Morgan fingerprint density at radius 1 is 1.13 bits per heavy atom. The van der Waals surface area contributed by atoms with E-state index in [9.17, 15) is 26.4 Å². The van der Waals surface area contributed by atoms with Crippen LogP contribution in [0.5, 0.6) is 5.75 Å². The molecule has 0 fully saturated rings. The maximum atomic E-state index is 13.0. The molecule has 3 heterocycles. The minimum Gasteiger partial charge on any atom is -0.375 e. The second kappa shape index (κ2) is 7.06. The van der Waals surface area contributed by atoms with Crippen molar-refractivity contribution in [2.24, 2.45) is 0 Å². The highest BCUT2D eigenvalue weighted by Gasteiger charge is 2.48. The molecule has 0 aliphatic rings. The molecule has 30 heavy (non-hydrogen) atoms. The van der Waals surface area contributed by atoms with E-state index in [1.807, 2.05) is 19.1 Å². The number of fused-ring (bicyclic) bond motifs is 3. The lowest BCUT2D eigenvalue weighted by Gasteiger charge is -2.10. The predicted octanol–water partition coefficient (Wildman–Crippen LogP) is 3.79. The Labute approximate surface area is 171 Å². The molecule has 0 bridgehead atoms. The predicted molar refractivity (Wildman–Crippen MR) is 105 cm³/mol. The van der Waals surface area contributed by atoms with Gasteiger partial charge in [-0.25, -0.2) is 9.97 Å². The minimum atomic E-state index is -5.89. The van der Waals surface area contributed by atoms with Gasteiger partial charge in [-0.2, -0.15) is 21.6 Å². The molecule has 1 aromatic carbocycles. The highest BCUT2D eigenvalue weighted by molar-refractivity contribution is 7.88. The molecule has 0 aliphatic carbocycles. The molecule has 12 heteroatoms. The maximum absolute atomic E-state index is 13.0. The van der Waals surface area contributed by atoms with Crippen molar-refractivity contribution in [3.63, 3.8) is 0 Å². The van der Waals surface area contributed by atoms with Crippen LogP contribution in [0.4, 0.5) is 13.2 Å². The molecule has 0 N–H and O–H groups in total. The average molecular weight is 455 g/mol. The van der Waals surface area contributed by atoms with Crippen LogP contribution in [0, 0.1) is 0 Å². The van der Waals surface area contributed by atoms with Gasteiger partial charge in [-0.1, -0.05) is 19.1 Å². The van der Waals surface area contributed by atoms with E-state index in [0.29, 0.717) is 5.69 Å². The first kappa shape index (κ1) is 20.3. The van der Waals surface area contributed by atoms with Crippen molar-refractivity contribution in [1.29, 1.82) is 0 Å². The number of alkyl halides is 3. The van der Waals surface area contributed by atoms with Crippen molar-refractivity contribution < 1.29 is 25.8 Å². The zero-order valence-corrected chi connectivity index (χ0v) is 16.8. The first-order valence-corrected chi connectivity index (χ1v) is 10.7. The van der Waals surface area contributed by atoms with Crippen molar-refractivity contribution in [2.75, 3.05) is 0 Å². The standard InChI is InChI=1S/C18H12F3N3O4S2/c1-2-10-3-5-11(6-4-10)24-9-23-14-13-12(28-30(26,27)18(19,20)21)7-8-22-16(13)29-15(14)17(24)25/h3-9H,2H2,1H3. The van der Waals surface area contributed by atoms with Crippen molar-refractivity contribution in [1.82, 2.24) is 14.5 Å². The van der Waals surface area contributed by atoms with Crippen LogP contribution >= 0.6 is 11.3 Å². The maximum Gasteiger partial charge on any atom is 0.534 e. The Morgan fingerprint density at radius 2 is 1.83 bits per heavy atom. The van der Waals surface area contributed by atoms with Crippen molar-refractivity contribution >= 4 is 41.9 Å². The molecule has 0 amide bonds. The van der Waals surface area contributed by atoms with E-state index >= 15 is 0 Å². The summed E-state index contributed by atoms with van der Waals surface area (Å²) < 4.78 is 66.7. The van der Waals surface area contributed by atoms with E-state index in [2.05, 4.69) is 14.2 Å². The molecule has 0 saturated carbocycles. The largest absolute Gasteiger partial charge is 0.534 e. The van der Waals surface area contributed by atoms with Gasteiger partial charge < -0.3 is 4.18 Å². The van der Waals surface area contributed by atoms with E-state index in [1.165, 1.54) is 10.9 Å². The first-order chi connectivity index (χ1) is 14.1. The molecule has 4 aromatic rings. The Bertz CT molecular complexity index is 1430. The molecule has 0 radical (unpaired) electrons. The summed E-state index contributed by atoms with van der Waals surface area (Å²) in [6.07, 6.45) is 3.16. The number of aryl methyl sites for hydroxylation is 1. The third-order valence-electron chi connectivity index (χ3n) is 4.35. The van der Waals surface area contributed by atoms with Crippen LogP contribution < -0.4 is 9.74 Å². The van der Waals surface area contributed by atoms with Gasteiger partial charge in [0, 0.05) is 12.3 Å². The summed E-state index contributed by atoms with van der Waals surface area (Å²) >= 11 is 0.889. The number of rotatable bonds is 4. The van der Waals surface area contributed by atoms with Crippen LogP contribution in [0.3, 0.4) is 0 Å². The number of hydrogen-bond donors (Lipinski definition) is 0. The average Bonchev–Trinajstić information content (AvgIpc) is 3.08. The lowest BCUT2D eigenvalue weighted by molar-refractivity contribution is -0.0499. The number of halogens is 3. The van der Waals surface area contributed by atoms with Crippen molar-refractivity contribution in [3.05, 3.63) is 58.8 Å². The molecular formula is C18H12F3N3O4S2. The highest BCUT2D eigenvalue weighted by atomic mass is 32.2. The van der Waals surface area contributed by atoms with Gasteiger partial charge >= 0.3 is 15.6 Å². The number of aromatic nitrogens is 3. The number of thiophene rings is 1. The number of nitrogens with zero attached hydrogens (tertiary/aromatic N) is 3. The van der Waals surface area contributed by atoms with Gasteiger partial charge in [0.1, 0.15) is 21.4 Å². The molecule has 0 unspecified atom stereocenters. The fraction of sp³-hybridized carbons (Fsp3) is 0.167. The van der Waals surface area contributed by atoms with Crippen LogP contribution in [0.1, 0.15) is 12.5 Å². The van der Waals surface area contributed by atoms with E-state index < -0.39 is 26.9 Å². The topological polar surface area (TPSA) is 91.2 Å². The Hall–Kier alpha value is -2.99. The smallest absolute Gasteiger partial charge is 0.375 e. The first-order valence-electron chi connectivity index (χ1n) is 8.51. The molecule has 4 rings (SSSR count). The Kier molecular flexibility index (Phi) is 4.77. The molecule has 156 valence electrons. The van der Waals surface area contributed by atoms with Crippen molar-refractivity contribution in [2.45, 2.75) is 18.9 Å². The second-order valence-corrected chi connectivity index (χ2v) is 8.73. The van der Waals surface area contributed by atoms with Crippen LogP contribution in [-0.2, 0) is 16.5 Å². The summed E-state index contributed by atoms with van der Waals surface area (Å²) in [6, 6.07) is 8.22. The van der Waals surface area contributed by atoms with E-state index in [0.717, 1.165) is 35.6 Å². The lowest BCUT2D eigenvalue weighted by Crippen LogP contribution is -2.28. The minimum absolute atomic E-state index is 0.0157. The van der Waals surface area contributed by atoms with Crippen LogP contribution in [0.2, 0.25) is 0 Å². The van der Waals surface area contributed by atoms with Crippen molar-refractivity contribution in [3.8, 4) is 11.4 Å². The SMILES string of the molecule is CCc1ccc(-n2cnc3c(sc4nccc(OS(=O)(=O)C(F)(F)F)c43)c2=O)cc1. The fourth-order valence-corrected chi connectivity index (χ4v) is 4.35. The highest BCUT2D eigenvalue weighted by Crippen LogP contribution is 2.37. The molecular weight excluding hydrogens is 443 g/mol.